The van der Waals surface area contributed by atoms with Gasteiger partial charge in [-0.1, -0.05) is 20.8 Å². The second-order valence-electron chi connectivity index (χ2n) is 1.85. The molecule has 1 rings (SSSR count). The molecule has 0 aromatic rings. The molecule has 1 unspecified atom stereocenters. The Morgan fingerprint density at radius 2 is 2.30 bits per heavy atom. The molecule has 1 aliphatic heterocycles. The van der Waals surface area contributed by atoms with E-state index < -0.39 is 0 Å². The minimum absolute atomic E-state index is 0.252. The Hall–Kier alpha value is -0.730. The number of hydrogen-bond donors (Lipinski definition) is 1. The van der Waals surface area contributed by atoms with Crippen LogP contribution in [0, 0.1) is 0 Å². The molecule has 0 aromatic carbocycles. The molecule has 0 spiro atoms. The van der Waals surface area contributed by atoms with Gasteiger partial charge >= 0.3 is 6.09 Å². The summed E-state index contributed by atoms with van der Waals surface area (Å²) in [6.07, 6.45) is 0.669. The quantitative estimate of drug-likeness (QED) is 0.607. The van der Waals surface area contributed by atoms with Gasteiger partial charge in [0.1, 0.15) is 6.61 Å². The normalized spacial score (nSPS) is 22.3. The number of alkyl carbamates (subject to hydrolysis) is 1. The van der Waals surface area contributed by atoms with Crippen molar-refractivity contribution in [3.05, 3.63) is 0 Å². The molecule has 0 saturated carbocycles. The van der Waals surface area contributed by atoms with E-state index in [1.807, 2.05) is 20.8 Å². The highest BCUT2D eigenvalue weighted by molar-refractivity contribution is 5.69. The molecule has 0 radical (unpaired) electrons. The highest BCUT2D eigenvalue weighted by Gasteiger charge is 2.19. The number of carbonyl (C=O) groups is 1. The summed E-state index contributed by atoms with van der Waals surface area (Å²) in [5.74, 6) is 0. The summed E-state index contributed by atoms with van der Waals surface area (Å²) < 4.78 is 4.61. The van der Waals surface area contributed by atoms with Crippen LogP contribution in [0.5, 0.6) is 0 Å². The molecule has 0 aliphatic carbocycles. The van der Waals surface area contributed by atoms with Gasteiger partial charge in [-0.15, -0.1) is 0 Å². The first-order valence-corrected chi connectivity index (χ1v) is 3.76. The molecule has 1 N–H and O–H groups in total. The van der Waals surface area contributed by atoms with E-state index in [2.05, 4.69) is 10.1 Å². The Kier molecular flexibility index (Phi) is 4.72. The van der Waals surface area contributed by atoms with E-state index in [1.54, 1.807) is 0 Å². The van der Waals surface area contributed by atoms with Crippen molar-refractivity contribution in [1.82, 2.24) is 5.32 Å². The zero-order valence-corrected chi connectivity index (χ0v) is 6.81. The van der Waals surface area contributed by atoms with Crippen LogP contribution in [-0.4, -0.2) is 18.7 Å². The van der Waals surface area contributed by atoms with E-state index in [0.29, 0.717) is 6.61 Å². The molecule has 10 heavy (non-hydrogen) atoms. The lowest BCUT2D eigenvalue weighted by Gasteiger charge is -1.97. The van der Waals surface area contributed by atoms with Crippen LogP contribution in [0.4, 0.5) is 4.79 Å². The smallest absolute Gasteiger partial charge is 0.407 e. The van der Waals surface area contributed by atoms with E-state index in [0.717, 1.165) is 6.42 Å². The number of amides is 1. The first-order valence-electron chi connectivity index (χ1n) is 3.76. The summed E-state index contributed by atoms with van der Waals surface area (Å²) >= 11 is 0. The zero-order chi connectivity index (χ0) is 7.98. The molecule has 3 heteroatoms. The average Bonchev–Trinajstić information content (AvgIpc) is 2.40. The van der Waals surface area contributed by atoms with Crippen molar-refractivity contribution >= 4 is 6.09 Å². The third-order valence-electron chi connectivity index (χ3n) is 1.23. The second-order valence-corrected chi connectivity index (χ2v) is 1.85. The lowest BCUT2D eigenvalue weighted by Crippen LogP contribution is -2.24. The zero-order valence-electron chi connectivity index (χ0n) is 6.81. The fourth-order valence-electron chi connectivity index (χ4n) is 0.646. The number of hydrogen-bond acceptors (Lipinski definition) is 2. The Morgan fingerprint density at radius 3 is 2.50 bits per heavy atom. The largest absolute Gasteiger partial charge is 0.447 e. The summed E-state index contributed by atoms with van der Waals surface area (Å²) in [6, 6.07) is 0.252. The number of rotatable bonds is 1. The van der Waals surface area contributed by atoms with Crippen LogP contribution in [0.1, 0.15) is 27.2 Å². The van der Waals surface area contributed by atoms with Gasteiger partial charge in [-0.05, 0) is 6.42 Å². The summed E-state index contributed by atoms with van der Waals surface area (Å²) in [5, 5.41) is 2.64. The molecule has 1 amide bonds. The molecular weight excluding hydrogens is 130 g/mol. The summed E-state index contributed by atoms with van der Waals surface area (Å²) in [4.78, 5) is 10.3. The Balaban J connectivity index is 0.000000371. The number of ether oxygens (including phenoxy) is 1. The van der Waals surface area contributed by atoms with E-state index in [-0.39, 0.29) is 12.1 Å². The Morgan fingerprint density at radius 1 is 1.70 bits per heavy atom. The van der Waals surface area contributed by atoms with Gasteiger partial charge in [0, 0.05) is 0 Å². The van der Waals surface area contributed by atoms with Crippen LogP contribution in [0.3, 0.4) is 0 Å². The van der Waals surface area contributed by atoms with E-state index in [1.165, 1.54) is 0 Å². The monoisotopic (exact) mass is 145 g/mol. The molecule has 1 atom stereocenters. The van der Waals surface area contributed by atoms with Crippen molar-refractivity contribution in [3.8, 4) is 0 Å². The van der Waals surface area contributed by atoms with Crippen molar-refractivity contribution in [2.45, 2.75) is 33.2 Å². The predicted molar refractivity (Wildman–Crippen MR) is 39.9 cm³/mol. The maximum Gasteiger partial charge on any atom is 0.407 e. The maximum atomic E-state index is 10.3. The second kappa shape index (κ2) is 5.09. The minimum Gasteiger partial charge on any atom is -0.447 e. The minimum atomic E-state index is -0.281. The van der Waals surface area contributed by atoms with Crippen molar-refractivity contribution in [1.29, 1.82) is 0 Å². The Bertz CT molecular complexity index is 104. The van der Waals surface area contributed by atoms with Gasteiger partial charge in [0.05, 0.1) is 6.04 Å². The van der Waals surface area contributed by atoms with Crippen LogP contribution < -0.4 is 5.32 Å². The van der Waals surface area contributed by atoms with Crippen LogP contribution in [0.15, 0.2) is 0 Å². The number of cyclic esters (lactones) is 1. The lowest BCUT2D eigenvalue weighted by molar-refractivity contribution is 0.176. The van der Waals surface area contributed by atoms with Gasteiger partial charge in [0.15, 0.2) is 0 Å². The van der Waals surface area contributed by atoms with Crippen molar-refractivity contribution < 1.29 is 9.53 Å². The fraction of sp³-hybridized carbons (Fsp3) is 0.857. The molecule has 0 bridgehead atoms. The molecule has 60 valence electrons. The van der Waals surface area contributed by atoms with Gasteiger partial charge in [-0.25, -0.2) is 4.79 Å². The van der Waals surface area contributed by atoms with Crippen LogP contribution >= 0.6 is 0 Å². The average molecular weight is 145 g/mol. The molecule has 0 aromatic heterocycles. The lowest BCUT2D eigenvalue weighted by atomic mass is 10.3. The summed E-state index contributed by atoms with van der Waals surface area (Å²) in [6.45, 7) is 6.55. The summed E-state index contributed by atoms with van der Waals surface area (Å²) in [7, 11) is 0. The van der Waals surface area contributed by atoms with Crippen LogP contribution in [0.2, 0.25) is 0 Å². The van der Waals surface area contributed by atoms with Gasteiger partial charge < -0.3 is 10.1 Å². The molecule has 1 fully saturated rings. The van der Waals surface area contributed by atoms with Crippen molar-refractivity contribution in [2.75, 3.05) is 6.61 Å². The Labute approximate surface area is 61.8 Å². The fourth-order valence-corrected chi connectivity index (χ4v) is 0.646. The standard InChI is InChI=1S/C5H9NO2.C2H6/c1-2-4-3-8-5(7)6-4;1-2/h4H,2-3H2,1H3,(H,6,7);1-2H3. The molecular formula is C7H15NO2. The third kappa shape index (κ3) is 2.71. The van der Waals surface area contributed by atoms with Crippen LogP contribution in [0.25, 0.3) is 0 Å². The highest BCUT2D eigenvalue weighted by Crippen LogP contribution is 1.99. The van der Waals surface area contributed by atoms with Gasteiger partial charge in [0.25, 0.3) is 0 Å². The topological polar surface area (TPSA) is 38.3 Å². The van der Waals surface area contributed by atoms with Gasteiger partial charge in [-0.2, -0.15) is 0 Å². The summed E-state index contributed by atoms with van der Waals surface area (Å²) in [5.41, 5.74) is 0. The number of nitrogens with one attached hydrogen (secondary N) is 1. The van der Waals surface area contributed by atoms with Crippen molar-refractivity contribution in [2.24, 2.45) is 0 Å². The molecule has 1 saturated heterocycles. The van der Waals surface area contributed by atoms with E-state index in [4.69, 9.17) is 0 Å². The van der Waals surface area contributed by atoms with E-state index >= 15 is 0 Å². The van der Waals surface area contributed by atoms with Gasteiger partial charge in [0.2, 0.25) is 0 Å². The SMILES string of the molecule is CC.CCC1COC(=O)N1. The first-order chi connectivity index (χ1) is 4.83. The third-order valence-corrected chi connectivity index (χ3v) is 1.23. The number of carbonyl (C=O) groups excluding carboxylic acids is 1. The van der Waals surface area contributed by atoms with Gasteiger partial charge in [-0.3, -0.25) is 0 Å². The van der Waals surface area contributed by atoms with E-state index in [9.17, 15) is 4.79 Å². The highest BCUT2D eigenvalue weighted by atomic mass is 16.6. The maximum absolute atomic E-state index is 10.3. The van der Waals surface area contributed by atoms with Crippen molar-refractivity contribution in [3.63, 3.8) is 0 Å². The molecule has 1 aliphatic rings. The molecule has 1 heterocycles. The molecule has 3 nitrogen and oxygen atoms in total. The predicted octanol–water partition coefficient (Wildman–Crippen LogP) is 1.53. The first kappa shape index (κ1) is 9.27. The van der Waals surface area contributed by atoms with Crippen LogP contribution in [-0.2, 0) is 4.74 Å².